The van der Waals surface area contributed by atoms with Crippen LogP contribution >= 0.6 is 15.6 Å². The number of phosphoric acid groups is 2. The fourth-order valence-corrected chi connectivity index (χ4v) is 9.29. The van der Waals surface area contributed by atoms with Crippen LogP contribution in [0.3, 0.4) is 0 Å². The average molecular weight is 894 g/mol. The van der Waals surface area contributed by atoms with Gasteiger partial charge in [0.2, 0.25) is 5.95 Å². The molecule has 326 valence electrons. The Morgan fingerprint density at radius 3 is 1.74 bits per heavy atom. The van der Waals surface area contributed by atoms with Crippen molar-refractivity contribution in [1.82, 2.24) is 58.6 Å². The normalized spacial score (nSPS) is 28.9. The molecule has 29 nitrogen and oxygen atoms in total. The molecule has 11 N–H and O–H groups in total. The first-order valence-electron chi connectivity index (χ1n) is 18.3. The van der Waals surface area contributed by atoms with Gasteiger partial charge in [-0.1, -0.05) is 0 Å². The van der Waals surface area contributed by atoms with E-state index in [-0.39, 0.29) is 59.2 Å². The lowest BCUT2D eigenvalue weighted by Crippen LogP contribution is -2.31. The molecule has 0 aromatic carbocycles. The van der Waals surface area contributed by atoms with Gasteiger partial charge in [0.05, 0.1) is 44.9 Å². The highest BCUT2D eigenvalue weighted by atomic mass is 31.2. The van der Waals surface area contributed by atoms with Crippen LogP contribution in [0.4, 0.5) is 17.6 Å². The molecule has 3 fully saturated rings. The number of nitrogens with zero attached hydrogens (tertiary/aromatic N) is 11. The van der Waals surface area contributed by atoms with E-state index in [1.54, 1.807) is 0 Å². The molecule has 6 aromatic rings. The molecule has 0 amide bonds. The molecular formula is C30H37N15O14P2. The molecule has 9 heterocycles. The number of rotatable bonds is 14. The molecule has 0 spiro atoms. The van der Waals surface area contributed by atoms with Crippen LogP contribution < -0.4 is 22.8 Å². The number of phosphoric ester groups is 2. The number of ether oxygens (including phenoxy) is 3. The van der Waals surface area contributed by atoms with Crippen molar-refractivity contribution in [2.45, 2.75) is 74.6 Å². The van der Waals surface area contributed by atoms with Crippen molar-refractivity contribution in [3.05, 3.63) is 42.0 Å². The first-order valence-corrected chi connectivity index (χ1v) is 21.3. The predicted molar refractivity (Wildman–Crippen MR) is 202 cm³/mol. The van der Waals surface area contributed by atoms with E-state index in [1.807, 2.05) is 0 Å². The van der Waals surface area contributed by atoms with Gasteiger partial charge < -0.3 is 51.4 Å². The molecule has 61 heavy (non-hydrogen) atoms. The Hall–Kier alpha value is -5.13. The van der Waals surface area contributed by atoms with Crippen molar-refractivity contribution in [2.75, 3.05) is 37.0 Å². The first-order chi connectivity index (χ1) is 29.2. The lowest BCUT2D eigenvalue weighted by atomic mass is 10.2. The van der Waals surface area contributed by atoms with Gasteiger partial charge >= 0.3 is 15.6 Å². The van der Waals surface area contributed by atoms with Crippen LogP contribution in [0.25, 0.3) is 33.5 Å². The molecule has 2 unspecified atom stereocenters. The number of fused-ring (bicyclic) bond motifs is 3. The second-order valence-corrected chi connectivity index (χ2v) is 16.9. The highest BCUT2D eigenvalue weighted by Gasteiger charge is 2.46. The van der Waals surface area contributed by atoms with Crippen molar-refractivity contribution in [3.63, 3.8) is 0 Å². The number of imidazole rings is 3. The molecule has 9 rings (SSSR count). The zero-order chi connectivity index (χ0) is 42.8. The number of nitrogens with one attached hydrogen (secondary N) is 1. The minimum atomic E-state index is -5.02. The molecule has 0 saturated carbocycles. The maximum Gasteiger partial charge on any atom is 0.472 e. The molecule has 11 atom stereocenters. The number of aromatic nitrogens is 12. The average Bonchev–Trinajstić information content (AvgIpc) is 4.06. The van der Waals surface area contributed by atoms with Gasteiger partial charge in [-0.25, -0.2) is 44.0 Å². The van der Waals surface area contributed by atoms with E-state index in [1.165, 1.54) is 45.3 Å². The van der Waals surface area contributed by atoms with Crippen LogP contribution in [0.5, 0.6) is 0 Å². The minimum absolute atomic E-state index is 0.0169. The molecule has 0 aliphatic carbocycles. The van der Waals surface area contributed by atoms with Gasteiger partial charge in [-0.05, 0) is 0 Å². The third kappa shape index (κ3) is 8.07. The molecule has 0 radical (unpaired) electrons. The third-order valence-corrected chi connectivity index (χ3v) is 12.3. The number of nitrogens with two attached hydrogens (primary N) is 3. The number of aliphatic hydroxyl groups is 2. The van der Waals surface area contributed by atoms with Crippen molar-refractivity contribution >= 4 is 66.7 Å². The Balaban J connectivity index is 0.878. The summed E-state index contributed by atoms with van der Waals surface area (Å²) in [7, 11) is -10.0. The number of hydrogen-bond acceptors (Lipinski definition) is 23. The fourth-order valence-electron chi connectivity index (χ4n) is 7.37. The van der Waals surface area contributed by atoms with Gasteiger partial charge in [0.15, 0.2) is 34.1 Å². The van der Waals surface area contributed by atoms with E-state index in [9.17, 15) is 33.9 Å². The van der Waals surface area contributed by atoms with Crippen LogP contribution in [-0.2, 0) is 41.4 Å². The standard InChI is InChI=1S/C30H37N15O14P2/c31-24-21-26(36-7-34-24)43(9-38-21)19-2-13(15(4-46)55-19)58-61(51,52)54-6-17-14(3-20(57-17)44-10-39-22-25(32)35-8-37-27(22)44)59-60(49,50)53-5-16-12(47)1-18(56-16)45-11-40-23-28(45)41-30(33)42-29(23)48/h7-20,46-47H,1-6H2,(H,49,50)(H,51,52)(H2,31,34,36)(H2,32,35,37)(H3,33,41,42,48)/t12-,13-,14-,15+,16+,17+,18+,19+,20+/m0/s1. The minimum Gasteiger partial charge on any atom is -0.394 e. The van der Waals surface area contributed by atoms with Gasteiger partial charge in [0.25, 0.3) is 5.56 Å². The van der Waals surface area contributed by atoms with E-state index in [0.29, 0.717) is 11.2 Å². The summed E-state index contributed by atoms with van der Waals surface area (Å²) in [5.41, 5.74) is 18.2. The molecule has 3 saturated heterocycles. The SMILES string of the molecule is Nc1nc2c(ncn2[C@H]2C[C@H](O)[C@@H](COP(=O)(O)O[C@H]3C[C@H](n4cnc5c(N)ncnc54)O[C@@H]3COP(=O)(O)O[C@H]3C[C@H](n4cnc5c(N)ncnc54)O[C@@H]3CO)O2)c(=O)[nH]1. The highest BCUT2D eigenvalue weighted by molar-refractivity contribution is 7.47. The van der Waals surface area contributed by atoms with Crippen molar-refractivity contribution in [3.8, 4) is 0 Å². The van der Waals surface area contributed by atoms with E-state index in [0.717, 1.165) is 0 Å². The number of nitrogen functional groups attached to an aromatic ring is 3. The monoisotopic (exact) mass is 893 g/mol. The van der Waals surface area contributed by atoms with Gasteiger partial charge in [-0.3, -0.25) is 41.6 Å². The summed E-state index contributed by atoms with van der Waals surface area (Å²) in [5, 5.41) is 20.8. The Morgan fingerprint density at radius 2 is 1.16 bits per heavy atom. The molecule has 0 bridgehead atoms. The molecule has 6 aromatic heterocycles. The van der Waals surface area contributed by atoms with E-state index in [2.05, 4.69) is 44.9 Å². The third-order valence-electron chi connectivity index (χ3n) is 10.2. The lowest BCUT2D eigenvalue weighted by Gasteiger charge is -2.24. The zero-order valence-corrected chi connectivity index (χ0v) is 33.0. The maximum atomic E-state index is 13.5. The smallest absolute Gasteiger partial charge is 0.394 e. The number of anilines is 3. The van der Waals surface area contributed by atoms with Crippen molar-refractivity contribution < 1.29 is 61.4 Å². The van der Waals surface area contributed by atoms with Crippen LogP contribution in [-0.4, -0.2) is 135 Å². The van der Waals surface area contributed by atoms with E-state index < -0.39 is 96.3 Å². The van der Waals surface area contributed by atoms with Crippen LogP contribution in [0.2, 0.25) is 0 Å². The molecule has 31 heteroatoms. The fraction of sp³-hybridized carbons (Fsp3) is 0.500. The summed E-state index contributed by atoms with van der Waals surface area (Å²) in [6.07, 6.45) is -3.79. The topological polar surface area (TPSA) is 409 Å². The summed E-state index contributed by atoms with van der Waals surface area (Å²) >= 11 is 0. The first kappa shape index (κ1) is 41.2. The summed E-state index contributed by atoms with van der Waals surface area (Å²) in [6, 6.07) is 0. The quantitative estimate of drug-likeness (QED) is 0.0593. The summed E-state index contributed by atoms with van der Waals surface area (Å²) < 4.78 is 70.8. The summed E-state index contributed by atoms with van der Waals surface area (Å²) in [5.74, 6) is 0.0391. The van der Waals surface area contributed by atoms with Crippen LogP contribution in [0, 0.1) is 0 Å². The highest BCUT2D eigenvalue weighted by Crippen LogP contribution is 2.52. The van der Waals surface area contributed by atoms with E-state index in [4.69, 9.17) is 49.5 Å². The van der Waals surface area contributed by atoms with Crippen molar-refractivity contribution in [2.24, 2.45) is 0 Å². The number of aliphatic hydroxyl groups excluding tert-OH is 2. The van der Waals surface area contributed by atoms with Gasteiger partial charge in [-0.15, -0.1) is 0 Å². The Kier molecular flexibility index (Phi) is 10.8. The Morgan fingerprint density at radius 1 is 0.689 bits per heavy atom. The number of hydrogen-bond donors (Lipinski definition) is 8. The maximum absolute atomic E-state index is 13.5. The second kappa shape index (κ2) is 16.0. The Labute approximate surface area is 340 Å². The molecule has 3 aliphatic heterocycles. The second-order valence-electron chi connectivity index (χ2n) is 14.1. The van der Waals surface area contributed by atoms with Gasteiger partial charge in [0, 0.05) is 19.3 Å². The zero-order valence-electron chi connectivity index (χ0n) is 31.2. The molecular weight excluding hydrogens is 856 g/mol. The van der Waals surface area contributed by atoms with Gasteiger partial charge in [-0.2, -0.15) is 4.98 Å². The number of H-pyrrole nitrogens is 1. The van der Waals surface area contributed by atoms with Crippen LogP contribution in [0.15, 0.2) is 36.4 Å². The lowest BCUT2D eigenvalue weighted by molar-refractivity contribution is -0.0599. The largest absolute Gasteiger partial charge is 0.472 e. The van der Waals surface area contributed by atoms with Crippen LogP contribution in [0.1, 0.15) is 37.9 Å². The molecule has 3 aliphatic rings. The van der Waals surface area contributed by atoms with Gasteiger partial charge in [0.1, 0.15) is 72.9 Å². The summed E-state index contributed by atoms with van der Waals surface area (Å²) in [4.78, 5) is 69.2. The van der Waals surface area contributed by atoms with Crippen molar-refractivity contribution in [1.29, 1.82) is 0 Å². The van der Waals surface area contributed by atoms with E-state index >= 15 is 0 Å². The Bertz CT molecular complexity index is 2750. The predicted octanol–water partition coefficient (Wildman–Crippen LogP) is -1.23. The number of aromatic amines is 1. The summed E-state index contributed by atoms with van der Waals surface area (Å²) in [6.45, 7) is -1.96.